The molecule has 2 N–H and O–H groups in total. The van der Waals surface area contributed by atoms with Gasteiger partial charge in [-0.3, -0.25) is 4.79 Å². The summed E-state index contributed by atoms with van der Waals surface area (Å²) in [5, 5.41) is 9.74. The van der Waals surface area contributed by atoms with Crippen molar-refractivity contribution in [3.63, 3.8) is 0 Å². The molecule has 0 bridgehead atoms. The molecule has 0 aromatic carbocycles. The summed E-state index contributed by atoms with van der Waals surface area (Å²) in [6.45, 7) is 4.47. The molecule has 2 heterocycles. The van der Waals surface area contributed by atoms with Gasteiger partial charge < -0.3 is 14.8 Å². The number of aromatic hydroxyl groups is 1. The molecule has 1 aromatic rings. The second-order valence-corrected chi connectivity index (χ2v) is 4.74. The molecular formula is C12H18N2O3. The van der Waals surface area contributed by atoms with Crippen LogP contribution >= 0.6 is 0 Å². The molecule has 0 saturated carbocycles. The molecule has 1 aliphatic rings. The molecule has 5 nitrogen and oxygen atoms in total. The number of hydrogen-bond donors (Lipinski definition) is 2. The number of aromatic nitrogens is 2. The van der Waals surface area contributed by atoms with Crippen LogP contribution in [0.15, 0.2) is 4.79 Å². The van der Waals surface area contributed by atoms with Gasteiger partial charge in [0.1, 0.15) is 5.82 Å². The third-order valence-corrected chi connectivity index (χ3v) is 3.01. The Morgan fingerprint density at radius 1 is 1.59 bits per heavy atom. The highest BCUT2D eigenvalue weighted by Gasteiger charge is 2.19. The van der Waals surface area contributed by atoms with Crippen molar-refractivity contribution in [2.75, 3.05) is 6.61 Å². The number of nitrogens with one attached hydrogen (secondary N) is 1. The van der Waals surface area contributed by atoms with Crippen LogP contribution < -0.4 is 5.56 Å². The van der Waals surface area contributed by atoms with Crippen LogP contribution in [0.1, 0.15) is 44.0 Å². The van der Waals surface area contributed by atoms with E-state index in [4.69, 9.17) is 4.74 Å². The summed E-state index contributed by atoms with van der Waals surface area (Å²) in [5.74, 6) is 0.309. The number of H-pyrrole nitrogens is 1. The Kier molecular flexibility index (Phi) is 3.47. The first-order chi connectivity index (χ1) is 8.08. The monoisotopic (exact) mass is 238 g/mol. The Labute approximate surface area is 99.9 Å². The van der Waals surface area contributed by atoms with Crippen LogP contribution in [0.3, 0.4) is 0 Å². The van der Waals surface area contributed by atoms with Gasteiger partial charge >= 0.3 is 0 Å². The summed E-state index contributed by atoms with van der Waals surface area (Å²) >= 11 is 0. The van der Waals surface area contributed by atoms with Crippen LogP contribution in [-0.4, -0.2) is 27.8 Å². The lowest BCUT2D eigenvalue weighted by molar-refractivity contribution is 0.109. The van der Waals surface area contributed by atoms with E-state index in [0.29, 0.717) is 17.8 Å². The van der Waals surface area contributed by atoms with E-state index in [9.17, 15) is 9.90 Å². The normalized spacial score (nSPS) is 20.1. The largest absolute Gasteiger partial charge is 0.493 e. The van der Waals surface area contributed by atoms with Crippen molar-refractivity contribution in [3.8, 4) is 5.88 Å². The first kappa shape index (κ1) is 12.1. The van der Waals surface area contributed by atoms with E-state index >= 15 is 0 Å². The van der Waals surface area contributed by atoms with Gasteiger partial charge in [-0.05, 0) is 18.8 Å². The minimum absolute atomic E-state index is 0.0389. The fourth-order valence-corrected chi connectivity index (χ4v) is 2.15. The summed E-state index contributed by atoms with van der Waals surface area (Å²) in [5.41, 5.74) is 0.0987. The van der Waals surface area contributed by atoms with Crippen LogP contribution in [0, 0.1) is 0 Å². The van der Waals surface area contributed by atoms with Gasteiger partial charge in [-0.15, -0.1) is 0 Å². The quantitative estimate of drug-likeness (QED) is 0.832. The third kappa shape index (κ3) is 2.66. The first-order valence-corrected chi connectivity index (χ1v) is 6.01. The molecule has 2 rings (SSSR count). The number of aromatic amines is 1. The SMILES string of the molecule is CC(C)c1c(O)nc(CC2CCCO2)[nH]c1=O. The van der Waals surface area contributed by atoms with Crippen LogP contribution in [-0.2, 0) is 11.2 Å². The maximum Gasteiger partial charge on any atom is 0.258 e. The molecule has 17 heavy (non-hydrogen) atoms. The van der Waals surface area contributed by atoms with Crippen molar-refractivity contribution in [1.29, 1.82) is 0 Å². The topological polar surface area (TPSA) is 75.2 Å². The van der Waals surface area contributed by atoms with Crippen LogP contribution in [0.25, 0.3) is 0 Å². The molecule has 0 spiro atoms. The Hall–Kier alpha value is -1.36. The molecule has 0 aliphatic carbocycles. The average molecular weight is 238 g/mol. The lowest BCUT2D eigenvalue weighted by Crippen LogP contribution is -2.20. The Balaban J connectivity index is 2.22. The predicted octanol–water partition coefficient (Wildman–Crippen LogP) is 1.32. The van der Waals surface area contributed by atoms with E-state index in [0.717, 1.165) is 19.4 Å². The molecule has 0 radical (unpaired) electrons. The Bertz CT molecular complexity index is 448. The lowest BCUT2D eigenvalue weighted by Gasteiger charge is -2.11. The molecule has 1 fully saturated rings. The van der Waals surface area contributed by atoms with Crippen LogP contribution in [0.4, 0.5) is 0 Å². The van der Waals surface area contributed by atoms with Gasteiger partial charge in [0, 0.05) is 13.0 Å². The van der Waals surface area contributed by atoms with Gasteiger partial charge in [-0.25, -0.2) is 0 Å². The molecule has 1 saturated heterocycles. The fraction of sp³-hybridized carbons (Fsp3) is 0.667. The van der Waals surface area contributed by atoms with Crippen molar-refractivity contribution in [2.24, 2.45) is 0 Å². The zero-order valence-electron chi connectivity index (χ0n) is 10.2. The van der Waals surface area contributed by atoms with Gasteiger partial charge in [0.05, 0.1) is 11.7 Å². The minimum Gasteiger partial charge on any atom is -0.493 e. The van der Waals surface area contributed by atoms with Gasteiger partial charge in [0.2, 0.25) is 5.88 Å². The van der Waals surface area contributed by atoms with Crippen molar-refractivity contribution in [2.45, 2.75) is 45.1 Å². The molecule has 1 aromatic heterocycles. The highest BCUT2D eigenvalue weighted by atomic mass is 16.5. The fourth-order valence-electron chi connectivity index (χ4n) is 2.15. The van der Waals surface area contributed by atoms with E-state index in [1.807, 2.05) is 13.8 Å². The van der Waals surface area contributed by atoms with Crippen molar-refractivity contribution in [1.82, 2.24) is 9.97 Å². The summed E-state index contributed by atoms with van der Waals surface area (Å²) < 4.78 is 5.47. The molecule has 5 heteroatoms. The van der Waals surface area contributed by atoms with Gasteiger partial charge in [-0.1, -0.05) is 13.8 Å². The van der Waals surface area contributed by atoms with E-state index in [1.165, 1.54) is 0 Å². The third-order valence-electron chi connectivity index (χ3n) is 3.01. The van der Waals surface area contributed by atoms with Crippen LogP contribution in [0.2, 0.25) is 0 Å². The number of hydrogen-bond acceptors (Lipinski definition) is 4. The summed E-state index contributed by atoms with van der Waals surface area (Å²) in [4.78, 5) is 18.5. The molecule has 1 unspecified atom stereocenters. The van der Waals surface area contributed by atoms with Gasteiger partial charge in [-0.2, -0.15) is 4.98 Å². The average Bonchev–Trinajstić information content (AvgIpc) is 2.68. The van der Waals surface area contributed by atoms with Crippen molar-refractivity contribution in [3.05, 3.63) is 21.7 Å². The lowest BCUT2D eigenvalue weighted by atomic mass is 10.1. The predicted molar refractivity (Wildman–Crippen MR) is 63.3 cm³/mol. The van der Waals surface area contributed by atoms with Gasteiger partial charge in [0.15, 0.2) is 0 Å². The zero-order valence-corrected chi connectivity index (χ0v) is 10.2. The van der Waals surface area contributed by atoms with E-state index in [2.05, 4.69) is 9.97 Å². The van der Waals surface area contributed by atoms with Crippen molar-refractivity contribution >= 4 is 0 Å². The molecule has 1 atom stereocenters. The molecule has 94 valence electrons. The molecule has 1 aliphatic heterocycles. The highest BCUT2D eigenvalue weighted by molar-refractivity contribution is 5.25. The Morgan fingerprint density at radius 3 is 2.88 bits per heavy atom. The minimum atomic E-state index is -0.250. The smallest absolute Gasteiger partial charge is 0.258 e. The van der Waals surface area contributed by atoms with E-state index < -0.39 is 0 Å². The number of nitrogens with zero attached hydrogens (tertiary/aromatic N) is 1. The Morgan fingerprint density at radius 2 is 2.35 bits per heavy atom. The zero-order chi connectivity index (χ0) is 12.4. The van der Waals surface area contributed by atoms with Crippen molar-refractivity contribution < 1.29 is 9.84 Å². The summed E-state index contributed by atoms with van der Waals surface area (Å²) in [6, 6.07) is 0. The van der Waals surface area contributed by atoms with E-state index in [1.54, 1.807) is 0 Å². The molecule has 0 amide bonds. The highest BCUT2D eigenvalue weighted by Crippen LogP contribution is 2.20. The maximum atomic E-state index is 11.8. The molecular weight excluding hydrogens is 220 g/mol. The first-order valence-electron chi connectivity index (χ1n) is 6.01. The van der Waals surface area contributed by atoms with E-state index in [-0.39, 0.29) is 23.5 Å². The number of ether oxygens (including phenoxy) is 1. The van der Waals surface area contributed by atoms with Gasteiger partial charge in [0.25, 0.3) is 5.56 Å². The standard InChI is InChI=1S/C12H18N2O3/c1-7(2)10-11(15)13-9(14-12(10)16)6-8-4-3-5-17-8/h7-8H,3-6H2,1-2H3,(H2,13,14,15,16). The maximum absolute atomic E-state index is 11.8. The second-order valence-electron chi connectivity index (χ2n) is 4.74. The summed E-state index contributed by atoms with van der Waals surface area (Å²) in [6.07, 6.45) is 2.70. The summed E-state index contributed by atoms with van der Waals surface area (Å²) in [7, 11) is 0. The van der Waals surface area contributed by atoms with Crippen LogP contribution in [0.5, 0.6) is 5.88 Å². The second kappa shape index (κ2) is 4.87. The number of rotatable bonds is 3.